The molecule has 0 bridgehead atoms. The van der Waals surface area contributed by atoms with Crippen LogP contribution in [0.25, 0.3) is 0 Å². The third-order valence-corrected chi connectivity index (χ3v) is 9.97. The van der Waals surface area contributed by atoms with Gasteiger partial charge in [-0.25, -0.2) is 30.1 Å². The number of nitrogens with one attached hydrogen (secondary N) is 2. The minimum atomic E-state index is -3.05. The predicted molar refractivity (Wildman–Crippen MR) is 198 cm³/mol. The molecule has 4 aliphatic rings. The minimum absolute atomic E-state index is 0.109. The van der Waals surface area contributed by atoms with Gasteiger partial charge in [-0.1, -0.05) is 0 Å². The summed E-state index contributed by atoms with van der Waals surface area (Å²) in [6, 6.07) is 3.82. The summed E-state index contributed by atoms with van der Waals surface area (Å²) in [7, 11) is 0. The number of anilines is 2. The number of hydrogen-bond acceptors (Lipinski definition) is 20. The zero-order valence-corrected chi connectivity index (χ0v) is 31.2. The van der Waals surface area contributed by atoms with Crippen LogP contribution in [0.5, 0.6) is 0 Å². The van der Waals surface area contributed by atoms with Gasteiger partial charge in [0.15, 0.2) is 23.1 Å². The van der Waals surface area contributed by atoms with Crippen molar-refractivity contribution < 1.29 is 80.5 Å². The normalized spacial score (nSPS) is 24.3. The maximum atomic E-state index is 13.2. The van der Waals surface area contributed by atoms with Crippen LogP contribution in [0.15, 0.2) is 44.2 Å². The van der Waals surface area contributed by atoms with E-state index in [0.717, 1.165) is 0 Å². The second kappa shape index (κ2) is 16.4. The van der Waals surface area contributed by atoms with Crippen LogP contribution in [-0.2, 0) is 19.6 Å². The smallest absolute Gasteiger partial charge is 0.358 e. The van der Waals surface area contributed by atoms with Crippen molar-refractivity contribution in [2.45, 2.75) is 76.1 Å². The second-order valence-corrected chi connectivity index (χ2v) is 13.9. The van der Waals surface area contributed by atoms with Crippen molar-refractivity contribution in [3.8, 4) is 0 Å². The summed E-state index contributed by atoms with van der Waals surface area (Å²) in [5.74, 6) is -7.03. The SMILES string of the molecule is Cc1cc2c(cc1C)N(C[C@@H](O)[C@@H](O)[C@@H](O)CO)C1=NC(=O)NC(OO)(OOC3(OO)NC(=O)N=C4C3=Nc3cc(C)c(C)cc3N4C[C@@H](O)[C@@H](O)[C@@H](O)CO)C1=N2. The number of rotatable bonds is 15. The van der Waals surface area contributed by atoms with Crippen LogP contribution < -0.4 is 20.4 Å². The summed E-state index contributed by atoms with van der Waals surface area (Å²) >= 11 is 0. The Balaban J connectivity index is 1.43. The molecule has 8 atom stereocenters. The number of β-amino-alcohol motifs (C(OH)–C–C–N with tert-alkyl or cyclic N) is 2. The number of aryl methyl sites for hydroxylation is 4. The van der Waals surface area contributed by atoms with Crippen molar-refractivity contribution in [3.05, 3.63) is 46.5 Å². The van der Waals surface area contributed by atoms with Crippen molar-refractivity contribution in [1.29, 1.82) is 0 Å². The van der Waals surface area contributed by atoms with E-state index >= 15 is 0 Å². The van der Waals surface area contributed by atoms with Gasteiger partial charge in [-0.15, -0.1) is 0 Å². The van der Waals surface area contributed by atoms with E-state index < -0.39 is 110 Å². The van der Waals surface area contributed by atoms with Crippen molar-refractivity contribution >= 4 is 57.9 Å². The average Bonchev–Trinajstić information content (AvgIpc) is 3.20. The van der Waals surface area contributed by atoms with Gasteiger partial charge in [-0.3, -0.25) is 10.6 Å². The van der Waals surface area contributed by atoms with Crippen molar-refractivity contribution in [1.82, 2.24) is 10.6 Å². The van der Waals surface area contributed by atoms with Crippen LogP contribution in [0.3, 0.4) is 0 Å². The number of urea groups is 2. The van der Waals surface area contributed by atoms with E-state index in [1.54, 1.807) is 52.0 Å². The molecule has 4 heterocycles. The molecule has 2 unspecified atom stereocenters. The molecule has 0 fully saturated rings. The first kappa shape index (κ1) is 42.7. The summed E-state index contributed by atoms with van der Waals surface area (Å²) in [6.45, 7) is 3.96. The first-order chi connectivity index (χ1) is 27.4. The molecule has 24 nitrogen and oxygen atoms in total. The molecular formula is C34H42N8O16. The molecule has 2 aromatic rings. The molecule has 0 saturated carbocycles. The van der Waals surface area contributed by atoms with Gasteiger partial charge in [0.2, 0.25) is 0 Å². The Morgan fingerprint density at radius 2 is 0.931 bits per heavy atom. The number of aliphatic hydroxyl groups is 8. The highest BCUT2D eigenvalue weighted by Gasteiger charge is 2.58. The van der Waals surface area contributed by atoms with Crippen molar-refractivity contribution in [2.75, 3.05) is 36.1 Å². The highest BCUT2D eigenvalue weighted by atomic mass is 17.3. The van der Waals surface area contributed by atoms with Crippen molar-refractivity contribution in [2.24, 2.45) is 20.0 Å². The van der Waals surface area contributed by atoms with E-state index in [9.17, 15) is 61.0 Å². The molecule has 0 saturated heterocycles. The first-order valence-corrected chi connectivity index (χ1v) is 17.5. The Bertz CT molecular complexity index is 1950. The maximum Gasteiger partial charge on any atom is 0.358 e. The van der Waals surface area contributed by atoms with E-state index in [0.29, 0.717) is 22.3 Å². The Labute approximate surface area is 327 Å². The van der Waals surface area contributed by atoms with Crippen LogP contribution >= 0.6 is 0 Å². The van der Waals surface area contributed by atoms with E-state index in [-0.39, 0.29) is 22.7 Å². The molecule has 4 amide bonds. The number of carbonyl (C=O) groups is 2. The highest BCUT2D eigenvalue weighted by molar-refractivity contribution is 6.53. The number of amides is 4. The summed E-state index contributed by atoms with van der Waals surface area (Å²) in [6.07, 6.45) is -10.9. The lowest BCUT2D eigenvalue weighted by Gasteiger charge is -2.43. The van der Waals surface area contributed by atoms with Gasteiger partial charge in [-0.05, 0) is 74.2 Å². The lowest BCUT2D eigenvalue weighted by atomic mass is 10.0. The lowest BCUT2D eigenvalue weighted by Crippen LogP contribution is -2.70. The average molecular weight is 819 g/mol. The monoisotopic (exact) mass is 818 g/mol. The molecule has 24 heteroatoms. The van der Waals surface area contributed by atoms with Crippen LogP contribution in [0, 0.1) is 27.7 Å². The largest absolute Gasteiger partial charge is 0.394 e. The number of nitrogens with zero attached hydrogens (tertiary/aromatic N) is 6. The first-order valence-electron chi connectivity index (χ1n) is 17.5. The van der Waals surface area contributed by atoms with E-state index in [4.69, 9.17) is 9.78 Å². The third-order valence-electron chi connectivity index (χ3n) is 9.97. The molecule has 58 heavy (non-hydrogen) atoms. The molecular weight excluding hydrogens is 776 g/mol. The summed E-state index contributed by atoms with van der Waals surface area (Å²) in [5.41, 5.74) is 2.31. The Morgan fingerprint density at radius 3 is 1.26 bits per heavy atom. The number of aliphatic imine (C=N–C) groups is 4. The van der Waals surface area contributed by atoms with Gasteiger partial charge < -0.3 is 50.7 Å². The van der Waals surface area contributed by atoms with Gasteiger partial charge in [0.25, 0.3) is 0 Å². The van der Waals surface area contributed by atoms with E-state index in [2.05, 4.69) is 40.4 Å². The number of hydrogen-bond donors (Lipinski definition) is 12. The fourth-order valence-electron chi connectivity index (χ4n) is 6.41. The third kappa shape index (κ3) is 7.58. The Morgan fingerprint density at radius 1 is 0.586 bits per heavy atom. The number of aliphatic hydroxyl groups excluding tert-OH is 8. The Kier molecular flexibility index (Phi) is 12.1. The summed E-state index contributed by atoms with van der Waals surface area (Å²) in [5, 5.41) is 107. The number of fused-ring (bicyclic) bond motifs is 4. The van der Waals surface area contributed by atoms with Gasteiger partial charge in [0.05, 0.1) is 49.1 Å². The van der Waals surface area contributed by atoms with Crippen LogP contribution in [0.2, 0.25) is 0 Å². The molecule has 314 valence electrons. The molecule has 0 aromatic heterocycles. The quantitative estimate of drug-likeness (QED) is 0.0527. The summed E-state index contributed by atoms with van der Waals surface area (Å²) in [4.78, 5) is 66.0. The highest BCUT2D eigenvalue weighted by Crippen LogP contribution is 2.41. The number of benzene rings is 2. The molecule has 12 N–H and O–H groups in total. The standard InChI is InChI=1S/C34H42N8O16/c1-13-5-17-19(7-15(13)3)41(9-21(45)25(49)23(47)11-43)29-27(35-17)33(55-53,39-31(51)37-29)57-58-34(56-54)28-30(38-32(52)40-34)42(10-22(46)26(50)24(48)12-44)20-8-16(4)14(2)6-18(20)36-28/h5-8,21-26,43-50,53-54H,9-12H2,1-4H3,(H,39,51)(H,40,52)/t21-,22-,23+,24+,25-,26-,33?,34?/m1/s1. The second-order valence-electron chi connectivity index (χ2n) is 13.9. The summed E-state index contributed by atoms with van der Waals surface area (Å²) < 4.78 is 0. The molecule has 6 rings (SSSR count). The van der Waals surface area contributed by atoms with E-state index in [1.807, 2.05) is 0 Å². The molecule has 0 aliphatic carbocycles. The van der Waals surface area contributed by atoms with Gasteiger partial charge >= 0.3 is 23.9 Å². The molecule has 4 aliphatic heterocycles. The lowest BCUT2D eigenvalue weighted by molar-refractivity contribution is -0.547. The maximum absolute atomic E-state index is 13.2. The minimum Gasteiger partial charge on any atom is -0.394 e. The molecule has 0 radical (unpaired) electrons. The number of carbonyl (C=O) groups excluding carboxylic acids is 2. The van der Waals surface area contributed by atoms with Crippen LogP contribution in [0.4, 0.5) is 32.3 Å². The predicted octanol–water partition coefficient (Wildman–Crippen LogP) is -1.97. The van der Waals surface area contributed by atoms with Gasteiger partial charge in [-0.2, -0.15) is 29.5 Å². The van der Waals surface area contributed by atoms with Crippen LogP contribution in [-0.4, -0.2) is 161 Å². The fraction of sp³-hybridized carbons (Fsp3) is 0.471. The van der Waals surface area contributed by atoms with Crippen LogP contribution in [0.1, 0.15) is 22.3 Å². The van der Waals surface area contributed by atoms with E-state index in [1.165, 1.54) is 9.80 Å². The topological polar surface area (TPSA) is 353 Å². The fourth-order valence-corrected chi connectivity index (χ4v) is 6.41. The van der Waals surface area contributed by atoms with Crippen molar-refractivity contribution in [3.63, 3.8) is 0 Å². The van der Waals surface area contributed by atoms with Gasteiger partial charge in [0.1, 0.15) is 36.6 Å². The Hall–Kier alpha value is -4.90. The molecule has 0 spiro atoms. The zero-order chi connectivity index (χ0) is 42.4. The number of amidine groups is 2. The zero-order valence-electron chi connectivity index (χ0n) is 31.2. The molecule has 2 aromatic carbocycles. The van der Waals surface area contributed by atoms with Gasteiger partial charge in [0, 0.05) is 0 Å².